The van der Waals surface area contributed by atoms with Crippen molar-refractivity contribution in [1.29, 1.82) is 0 Å². The number of hydrogen-bond donors (Lipinski definition) is 1. The van der Waals surface area contributed by atoms with Gasteiger partial charge >= 0.3 is 5.97 Å². The quantitative estimate of drug-likeness (QED) is 0.653. The maximum Gasteiger partial charge on any atom is 0.335 e. The van der Waals surface area contributed by atoms with E-state index in [2.05, 4.69) is 4.98 Å². The van der Waals surface area contributed by atoms with Crippen LogP contribution in [0.1, 0.15) is 21.6 Å². The van der Waals surface area contributed by atoms with Gasteiger partial charge in [0, 0.05) is 11.4 Å². The average molecular weight is 303 g/mol. The molecule has 1 heterocycles. The third-order valence-electron chi connectivity index (χ3n) is 2.76. The summed E-state index contributed by atoms with van der Waals surface area (Å²) in [5.74, 6) is 0.380. The molecule has 0 aliphatic rings. The number of aromatic carboxylic acids is 1. The summed E-state index contributed by atoms with van der Waals surface area (Å²) in [7, 11) is 0. The highest BCUT2D eigenvalue weighted by Gasteiger charge is 2.04. The number of ether oxygens (including phenoxy) is 1. The second-order valence-corrected chi connectivity index (χ2v) is 5.77. The van der Waals surface area contributed by atoms with Crippen LogP contribution >= 0.6 is 11.8 Å². The van der Waals surface area contributed by atoms with Gasteiger partial charge in [-0.05, 0) is 49.7 Å². The van der Waals surface area contributed by atoms with Crippen molar-refractivity contribution in [3.8, 4) is 5.75 Å². The molecule has 0 spiro atoms. The Morgan fingerprint density at radius 3 is 2.81 bits per heavy atom. The van der Waals surface area contributed by atoms with Crippen molar-refractivity contribution >= 4 is 17.7 Å². The van der Waals surface area contributed by atoms with E-state index in [4.69, 9.17) is 9.84 Å². The number of carbonyl (C=O) groups is 1. The lowest BCUT2D eigenvalue weighted by Crippen LogP contribution is -2.02. The largest absolute Gasteiger partial charge is 0.493 e. The second-order valence-electron chi connectivity index (χ2n) is 4.65. The Morgan fingerprint density at radius 2 is 2.10 bits per heavy atom. The van der Waals surface area contributed by atoms with E-state index in [0.29, 0.717) is 12.4 Å². The first kappa shape index (κ1) is 15.4. The van der Waals surface area contributed by atoms with E-state index in [1.807, 2.05) is 26.0 Å². The summed E-state index contributed by atoms with van der Waals surface area (Å²) >= 11 is 1.63. The van der Waals surface area contributed by atoms with E-state index < -0.39 is 5.97 Å². The molecule has 1 aromatic carbocycles. The van der Waals surface area contributed by atoms with E-state index in [-0.39, 0.29) is 5.56 Å². The van der Waals surface area contributed by atoms with Crippen LogP contribution in [0.3, 0.4) is 0 Å². The van der Waals surface area contributed by atoms with Gasteiger partial charge in [0.05, 0.1) is 17.2 Å². The van der Waals surface area contributed by atoms with Gasteiger partial charge < -0.3 is 9.84 Å². The number of benzene rings is 1. The van der Waals surface area contributed by atoms with Gasteiger partial charge in [0.1, 0.15) is 5.75 Å². The van der Waals surface area contributed by atoms with Crippen LogP contribution in [-0.2, 0) is 0 Å². The number of pyridine rings is 1. The molecule has 1 aromatic heterocycles. The Hall–Kier alpha value is -2.01. The van der Waals surface area contributed by atoms with Crippen LogP contribution in [-0.4, -0.2) is 28.4 Å². The molecule has 0 amide bonds. The van der Waals surface area contributed by atoms with Crippen LogP contribution in [0.15, 0.2) is 41.4 Å². The fraction of sp³-hybridized carbons (Fsp3) is 0.250. The standard InChI is InChI=1S/C16H17NO3S/c1-11-8-12(2)17-15(9-11)21-7-6-20-14-5-3-4-13(10-14)16(18)19/h3-5,8-10H,6-7H2,1-2H3,(H,18,19). The Morgan fingerprint density at radius 1 is 1.29 bits per heavy atom. The first-order valence-electron chi connectivity index (χ1n) is 6.59. The number of hydrogen-bond acceptors (Lipinski definition) is 4. The molecule has 0 fully saturated rings. The number of nitrogens with zero attached hydrogens (tertiary/aromatic N) is 1. The van der Waals surface area contributed by atoms with E-state index in [0.717, 1.165) is 16.5 Å². The highest BCUT2D eigenvalue weighted by atomic mass is 32.2. The van der Waals surface area contributed by atoms with Crippen molar-refractivity contribution < 1.29 is 14.6 Å². The molecule has 0 aliphatic heterocycles. The molecule has 110 valence electrons. The maximum atomic E-state index is 10.9. The molecule has 2 aromatic rings. The average Bonchev–Trinajstić information content (AvgIpc) is 2.43. The number of carboxylic acids is 1. The Labute approximate surface area is 128 Å². The van der Waals surface area contributed by atoms with Gasteiger partial charge in [0.2, 0.25) is 0 Å². The van der Waals surface area contributed by atoms with Crippen molar-refractivity contribution in [2.24, 2.45) is 0 Å². The molecule has 0 unspecified atom stereocenters. The smallest absolute Gasteiger partial charge is 0.335 e. The Balaban J connectivity index is 1.84. The zero-order valence-corrected chi connectivity index (χ0v) is 12.8. The van der Waals surface area contributed by atoms with E-state index in [9.17, 15) is 4.79 Å². The molecule has 0 bridgehead atoms. The van der Waals surface area contributed by atoms with Crippen LogP contribution in [0.5, 0.6) is 5.75 Å². The molecule has 0 saturated carbocycles. The van der Waals surface area contributed by atoms with Crippen LogP contribution in [0.4, 0.5) is 0 Å². The van der Waals surface area contributed by atoms with E-state index in [1.54, 1.807) is 30.0 Å². The minimum absolute atomic E-state index is 0.233. The molecule has 1 N–H and O–H groups in total. The molecule has 2 rings (SSSR count). The monoisotopic (exact) mass is 303 g/mol. The van der Waals surface area contributed by atoms with E-state index >= 15 is 0 Å². The maximum absolute atomic E-state index is 10.9. The fourth-order valence-corrected chi connectivity index (χ4v) is 2.76. The van der Waals surface area contributed by atoms with E-state index in [1.165, 1.54) is 11.6 Å². The van der Waals surface area contributed by atoms with Crippen molar-refractivity contribution in [1.82, 2.24) is 4.98 Å². The highest BCUT2D eigenvalue weighted by molar-refractivity contribution is 7.99. The zero-order valence-electron chi connectivity index (χ0n) is 12.0. The van der Waals surface area contributed by atoms with Gasteiger partial charge in [-0.1, -0.05) is 6.07 Å². The van der Waals surface area contributed by atoms with Gasteiger partial charge in [-0.3, -0.25) is 0 Å². The van der Waals surface area contributed by atoms with Crippen molar-refractivity contribution in [2.45, 2.75) is 18.9 Å². The Bertz CT molecular complexity index is 623. The molecule has 0 atom stereocenters. The van der Waals surface area contributed by atoms with Crippen molar-refractivity contribution in [3.05, 3.63) is 53.2 Å². The molecule has 0 aliphatic carbocycles. The molecule has 21 heavy (non-hydrogen) atoms. The summed E-state index contributed by atoms with van der Waals surface area (Å²) in [6.07, 6.45) is 0. The number of aryl methyl sites for hydroxylation is 2. The first-order valence-corrected chi connectivity index (χ1v) is 7.57. The lowest BCUT2D eigenvalue weighted by molar-refractivity contribution is 0.0696. The van der Waals surface area contributed by atoms with Gasteiger partial charge in [0.25, 0.3) is 0 Å². The van der Waals surface area contributed by atoms with Crippen LogP contribution in [0.2, 0.25) is 0 Å². The molecule has 5 heteroatoms. The third-order valence-corrected chi connectivity index (χ3v) is 3.63. The molecular weight excluding hydrogens is 286 g/mol. The summed E-state index contributed by atoms with van der Waals surface area (Å²) in [5.41, 5.74) is 2.43. The third kappa shape index (κ3) is 4.79. The molecule has 0 saturated heterocycles. The SMILES string of the molecule is Cc1cc(C)nc(SCCOc2cccc(C(=O)O)c2)c1. The van der Waals surface area contributed by atoms with Crippen LogP contribution in [0, 0.1) is 13.8 Å². The van der Waals surface area contributed by atoms with Crippen molar-refractivity contribution in [2.75, 3.05) is 12.4 Å². The number of thioether (sulfide) groups is 1. The van der Waals surface area contributed by atoms with Gasteiger partial charge in [0.15, 0.2) is 0 Å². The molecule has 4 nitrogen and oxygen atoms in total. The van der Waals surface area contributed by atoms with Crippen molar-refractivity contribution in [3.63, 3.8) is 0 Å². The number of aromatic nitrogens is 1. The van der Waals surface area contributed by atoms with Gasteiger partial charge in [-0.25, -0.2) is 9.78 Å². The lowest BCUT2D eigenvalue weighted by atomic mass is 10.2. The summed E-state index contributed by atoms with van der Waals surface area (Å²) in [5, 5.41) is 9.90. The van der Waals surface area contributed by atoms with Crippen LogP contribution in [0.25, 0.3) is 0 Å². The number of carboxylic acid groups (broad SMARTS) is 1. The van der Waals surface area contributed by atoms with Gasteiger partial charge in [-0.15, -0.1) is 11.8 Å². The summed E-state index contributed by atoms with van der Waals surface area (Å²) < 4.78 is 5.57. The highest BCUT2D eigenvalue weighted by Crippen LogP contribution is 2.18. The second kappa shape index (κ2) is 7.13. The Kier molecular flexibility index (Phi) is 5.22. The minimum atomic E-state index is -0.950. The predicted octanol–water partition coefficient (Wildman–Crippen LogP) is 3.57. The molecular formula is C16H17NO3S. The summed E-state index contributed by atoms with van der Waals surface area (Å²) in [4.78, 5) is 15.3. The number of rotatable bonds is 6. The normalized spacial score (nSPS) is 10.4. The zero-order chi connectivity index (χ0) is 15.2. The predicted molar refractivity (Wildman–Crippen MR) is 83.3 cm³/mol. The lowest BCUT2D eigenvalue weighted by Gasteiger charge is -2.07. The summed E-state index contributed by atoms with van der Waals surface area (Å²) in [6, 6.07) is 10.6. The fourth-order valence-electron chi connectivity index (χ4n) is 1.90. The molecule has 0 radical (unpaired) electrons. The minimum Gasteiger partial charge on any atom is -0.493 e. The van der Waals surface area contributed by atoms with Gasteiger partial charge in [-0.2, -0.15) is 0 Å². The topological polar surface area (TPSA) is 59.4 Å². The summed E-state index contributed by atoms with van der Waals surface area (Å²) in [6.45, 7) is 4.53. The first-order chi connectivity index (χ1) is 10.0. The van der Waals surface area contributed by atoms with Crippen LogP contribution < -0.4 is 4.74 Å².